The molecule has 0 aliphatic carbocycles. The van der Waals surface area contributed by atoms with Gasteiger partial charge in [0.1, 0.15) is 24.7 Å². The summed E-state index contributed by atoms with van der Waals surface area (Å²) >= 11 is 0. The van der Waals surface area contributed by atoms with Gasteiger partial charge in [0.15, 0.2) is 5.78 Å². The number of aliphatic imine (C=N–C) groups is 1. The van der Waals surface area contributed by atoms with Crippen molar-refractivity contribution in [3.05, 3.63) is 41.0 Å². The Balaban J connectivity index is 2.29. The van der Waals surface area contributed by atoms with Crippen molar-refractivity contribution in [3.63, 3.8) is 0 Å². The van der Waals surface area contributed by atoms with E-state index in [1.54, 1.807) is 13.0 Å². The molecule has 36 heavy (non-hydrogen) atoms. The lowest BCUT2D eigenvalue weighted by molar-refractivity contribution is 0.0963. The maximum Gasteiger partial charge on any atom is 0.209 e. The molecule has 8 heteroatoms. The maximum absolute atomic E-state index is 13.3. The second kappa shape index (κ2) is 13.3. The van der Waals surface area contributed by atoms with Crippen LogP contribution in [0.25, 0.3) is 0 Å². The third kappa shape index (κ3) is 8.29. The van der Waals surface area contributed by atoms with Gasteiger partial charge in [0.05, 0.1) is 25.0 Å². The summed E-state index contributed by atoms with van der Waals surface area (Å²) in [6, 6.07) is 5.44. The molecule has 2 rings (SSSR count). The summed E-state index contributed by atoms with van der Waals surface area (Å²) in [6.45, 7) is 14.3. The number of benzene rings is 1. The van der Waals surface area contributed by atoms with Crippen LogP contribution < -0.4 is 4.74 Å². The molecule has 0 amide bonds. The molecule has 0 aromatic heterocycles. The van der Waals surface area contributed by atoms with Crippen LogP contribution in [-0.4, -0.2) is 65.8 Å². The van der Waals surface area contributed by atoms with Crippen molar-refractivity contribution in [3.8, 4) is 5.75 Å². The van der Waals surface area contributed by atoms with Gasteiger partial charge in [0.25, 0.3) is 0 Å². The molecule has 0 fully saturated rings. The van der Waals surface area contributed by atoms with Crippen LogP contribution in [0.3, 0.4) is 0 Å². The molecule has 0 spiro atoms. The molecular weight excluding hydrogens is 456 g/mol. The quantitative estimate of drug-likeness (QED) is 0.190. The van der Waals surface area contributed by atoms with Gasteiger partial charge in [0, 0.05) is 11.6 Å². The molecule has 0 atom stereocenters. The Hall–Kier alpha value is -3.00. The van der Waals surface area contributed by atoms with Gasteiger partial charge in [-0.2, -0.15) is 5.10 Å². The molecule has 0 saturated carbocycles. The molecule has 1 aliphatic heterocycles. The van der Waals surface area contributed by atoms with Crippen LogP contribution in [0.1, 0.15) is 83.7 Å². The summed E-state index contributed by atoms with van der Waals surface area (Å²) in [6.07, 6.45) is 4.61. The monoisotopic (exact) mass is 498 g/mol. The van der Waals surface area contributed by atoms with Crippen LogP contribution in [-0.2, 0) is 10.2 Å². The zero-order valence-electron chi connectivity index (χ0n) is 22.9. The van der Waals surface area contributed by atoms with Gasteiger partial charge >= 0.3 is 0 Å². The standard InChI is InChI=1S/C28H42N4O4/c1-8-20-15-27(36-23(9-2)10-3)30-17-25(20)31-32(19(4)29)18-26(34)21-13-22(28(5,6)7)16-24(14-21)35-12-11-33/h13-16,23,29,33H,8-12,17-18H2,1-7H3/b29-19?,31-25+. The third-order valence-corrected chi connectivity index (χ3v) is 6.01. The number of hydrazone groups is 1. The number of nitrogens with zero attached hydrogens (tertiary/aromatic N) is 3. The fourth-order valence-corrected chi connectivity index (χ4v) is 3.67. The number of aliphatic hydroxyl groups is 1. The lowest BCUT2D eigenvalue weighted by atomic mass is 9.85. The van der Waals surface area contributed by atoms with E-state index in [9.17, 15) is 4.79 Å². The number of Topliss-reactive ketones (excluding diaryl/α,β-unsaturated/α-hetero) is 1. The Labute approximate surface area is 215 Å². The number of amidine groups is 1. The van der Waals surface area contributed by atoms with Gasteiger partial charge in [0.2, 0.25) is 5.90 Å². The number of carbonyl (C=O) groups is 1. The van der Waals surface area contributed by atoms with Gasteiger partial charge in [-0.25, -0.2) is 10.0 Å². The number of hydrogen-bond donors (Lipinski definition) is 2. The number of dihydropyridines is 1. The van der Waals surface area contributed by atoms with E-state index in [0.29, 0.717) is 23.8 Å². The fourth-order valence-electron chi connectivity index (χ4n) is 3.67. The molecule has 1 aromatic carbocycles. The highest BCUT2D eigenvalue weighted by molar-refractivity contribution is 6.10. The van der Waals surface area contributed by atoms with Crippen LogP contribution in [0.2, 0.25) is 0 Å². The largest absolute Gasteiger partial charge is 0.491 e. The van der Waals surface area contributed by atoms with E-state index in [1.807, 2.05) is 25.1 Å². The number of aliphatic hydroxyl groups excluding tert-OH is 1. The SMILES string of the molecule is CCC1=CC(OC(CC)CC)=NC/C1=N\N(CC(=O)c1cc(OCCO)cc(C(C)(C)C)c1)C(C)=N. The van der Waals surface area contributed by atoms with Crippen molar-refractivity contribution in [1.82, 2.24) is 5.01 Å². The number of ketones is 1. The average molecular weight is 499 g/mol. The van der Waals surface area contributed by atoms with Crippen LogP contribution in [0.15, 0.2) is 39.9 Å². The third-order valence-electron chi connectivity index (χ3n) is 6.01. The molecule has 0 radical (unpaired) electrons. The highest BCUT2D eigenvalue weighted by Crippen LogP contribution is 2.28. The van der Waals surface area contributed by atoms with Crippen LogP contribution in [0, 0.1) is 5.41 Å². The van der Waals surface area contributed by atoms with Crippen molar-refractivity contribution in [2.75, 3.05) is 26.3 Å². The minimum atomic E-state index is -0.194. The van der Waals surface area contributed by atoms with Gasteiger partial charge in [-0.1, -0.05) is 41.5 Å². The van der Waals surface area contributed by atoms with Crippen molar-refractivity contribution >= 4 is 23.2 Å². The molecule has 2 N–H and O–H groups in total. The number of carbonyl (C=O) groups excluding carboxylic acids is 1. The van der Waals surface area contributed by atoms with Crippen molar-refractivity contribution < 1.29 is 19.4 Å². The predicted octanol–water partition coefficient (Wildman–Crippen LogP) is 5.15. The van der Waals surface area contributed by atoms with Gasteiger partial charge < -0.3 is 14.6 Å². The Kier molecular flexibility index (Phi) is 10.8. The lowest BCUT2D eigenvalue weighted by Gasteiger charge is -2.23. The summed E-state index contributed by atoms with van der Waals surface area (Å²) in [4.78, 5) is 17.9. The van der Waals surface area contributed by atoms with E-state index in [1.165, 1.54) is 5.01 Å². The topological polar surface area (TPSA) is 108 Å². The Morgan fingerprint density at radius 2 is 1.92 bits per heavy atom. The van der Waals surface area contributed by atoms with Gasteiger partial charge in [-0.3, -0.25) is 10.2 Å². The Morgan fingerprint density at radius 3 is 2.47 bits per heavy atom. The molecule has 0 saturated heterocycles. The first-order valence-electron chi connectivity index (χ1n) is 12.8. The van der Waals surface area contributed by atoms with E-state index in [2.05, 4.69) is 44.7 Å². The maximum atomic E-state index is 13.3. The van der Waals surface area contributed by atoms with Crippen LogP contribution in [0.5, 0.6) is 5.75 Å². The van der Waals surface area contributed by atoms with Crippen LogP contribution in [0.4, 0.5) is 0 Å². The van der Waals surface area contributed by atoms with E-state index in [0.717, 1.165) is 36.1 Å². The number of ether oxygens (including phenoxy) is 2. The second-order valence-electron chi connectivity index (χ2n) is 9.92. The highest BCUT2D eigenvalue weighted by atomic mass is 16.5. The Morgan fingerprint density at radius 1 is 1.22 bits per heavy atom. The zero-order valence-corrected chi connectivity index (χ0v) is 22.9. The highest BCUT2D eigenvalue weighted by Gasteiger charge is 2.22. The molecule has 1 aromatic rings. The van der Waals surface area contributed by atoms with E-state index in [-0.39, 0.29) is 42.9 Å². The zero-order chi connectivity index (χ0) is 26.9. The molecule has 1 heterocycles. The normalized spacial score (nSPS) is 15.0. The van der Waals surface area contributed by atoms with E-state index in [4.69, 9.17) is 20.0 Å². The average Bonchev–Trinajstić information content (AvgIpc) is 2.85. The van der Waals surface area contributed by atoms with Crippen molar-refractivity contribution in [1.29, 1.82) is 5.41 Å². The molecule has 1 aliphatic rings. The number of hydrogen-bond acceptors (Lipinski definition) is 7. The Bertz CT molecular complexity index is 1020. The first kappa shape index (κ1) is 29.2. The summed E-state index contributed by atoms with van der Waals surface area (Å²) < 4.78 is 11.6. The predicted molar refractivity (Wildman–Crippen MR) is 146 cm³/mol. The first-order valence-corrected chi connectivity index (χ1v) is 12.8. The van der Waals surface area contributed by atoms with Crippen LogP contribution >= 0.6 is 0 Å². The van der Waals surface area contributed by atoms with E-state index >= 15 is 0 Å². The molecule has 0 unspecified atom stereocenters. The van der Waals surface area contributed by atoms with Crippen molar-refractivity contribution in [2.45, 2.75) is 79.2 Å². The van der Waals surface area contributed by atoms with Crippen molar-refractivity contribution in [2.24, 2.45) is 10.1 Å². The molecular formula is C28H42N4O4. The van der Waals surface area contributed by atoms with Gasteiger partial charge in [-0.05, 0) is 60.9 Å². The summed E-state index contributed by atoms with van der Waals surface area (Å²) in [5.41, 5.74) is 2.95. The number of nitrogens with one attached hydrogen (secondary N) is 1. The lowest BCUT2D eigenvalue weighted by Crippen LogP contribution is -2.32. The molecule has 8 nitrogen and oxygen atoms in total. The molecule has 0 bridgehead atoms. The second-order valence-corrected chi connectivity index (χ2v) is 9.92. The summed E-state index contributed by atoms with van der Waals surface area (Å²) in [7, 11) is 0. The fraction of sp³-hybridized carbons (Fsp3) is 0.571. The summed E-state index contributed by atoms with van der Waals surface area (Å²) in [5.74, 6) is 1.14. The van der Waals surface area contributed by atoms with Gasteiger partial charge in [-0.15, -0.1) is 0 Å². The molecule has 198 valence electrons. The minimum Gasteiger partial charge on any atom is -0.491 e. The number of rotatable bonds is 11. The first-order chi connectivity index (χ1) is 17.0. The minimum absolute atomic E-state index is 0.0797. The summed E-state index contributed by atoms with van der Waals surface area (Å²) in [5, 5.41) is 23.5. The van der Waals surface area contributed by atoms with E-state index < -0.39 is 0 Å². The smallest absolute Gasteiger partial charge is 0.209 e.